The maximum Gasteiger partial charge on any atom is 0.228 e. The van der Waals surface area contributed by atoms with E-state index in [1.54, 1.807) is 36.0 Å². The van der Waals surface area contributed by atoms with E-state index in [1.165, 1.54) is 19.1 Å². The van der Waals surface area contributed by atoms with Crippen LogP contribution in [0, 0.1) is 11.7 Å². The third-order valence-electron chi connectivity index (χ3n) is 4.16. The molecule has 0 bridgehead atoms. The van der Waals surface area contributed by atoms with Crippen molar-refractivity contribution < 1.29 is 14.0 Å². The molecule has 1 aromatic rings. The first kappa shape index (κ1) is 17.4. The van der Waals surface area contributed by atoms with Gasteiger partial charge in [0.25, 0.3) is 0 Å². The van der Waals surface area contributed by atoms with Crippen molar-refractivity contribution in [1.82, 2.24) is 14.7 Å². The van der Waals surface area contributed by atoms with Crippen molar-refractivity contribution >= 4 is 11.8 Å². The van der Waals surface area contributed by atoms with Crippen molar-refractivity contribution in [2.75, 3.05) is 40.3 Å². The second-order valence-electron chi connectivity index (χ2n) is 6.26. The fourth-order valence-electron chi connectivity index (χ4n) is 2.88. The van der Waals surface area contributed by atoms with Crippen molar-refractivity contribution in [3.05, 3.63) is 35.6 Å². The van der Waals surface area contributed by atoms with Crippen LogP contribution in [0.4, 0.5) is 4.39 Å². The van der Waals surface area contributed by atoms with Gasteiger partial charge in [-0.3, -0.25) is 14.5 Å². The lowest BCUT2D eigenvalue weighted by Gasteiger charge is -2.25. The number of amides is 2. The quantitative estimate of drug-likeness (QED) is 0.840. The Balaban J connectivity index is 2.11. The van der Waals surface area contributed by atoms with Crippen LogP contribution < -0.4 is 0 Å². The number of carbonyl (C=O) groups is 2. The summed E-state index contributed by atoms with van der Waals surface area (Å²) in [4.78, 5) is 29.6. The summed E-state index contributed by atoms with van der Waals surface area (Å²) in [5.41, 5.74) is 0.999. The zero-order valence-corrected chi connectivity index (χ0v) is 14.0. The van der Waals surface area contributed by atoms with Crippen LogP contribution in [0.1, 0.15) is 12.5 Å². The average molecular weight is 321 g/mol. The lowest BCUT2D eigenvalue weighted by molar-refractivity contribution is -0.135. The molecular weight excluding hydrogens is 297 g/mol. The Labute approximate surface area is 136 Å². The Morgan fingerprint density at radius 1 is 1.17 bits per heavy atom. The van der Waals surface area contributed by atoms with Gasteiger partial charge in [0.15, 0.2) is 0 Å². The molecule has 1 aliphatic heterocycles. The maximum absolute atomic E-state index is 13.0. The molecule has 2 rings (SSSR count). The Kier molecular flexibility index (Phi) is 5.71. The number of halogens is 1. The Morgan fingerprint density at radius 2 is 1.83 bits per heavy atom. The van der Waals surface area contributed by atoms with Gasteiger partial charge in [-0.1, -0.05) is 12.1 Å². The number of nitrogens with zero attached hydrogens (tertiary/aromatic N) is 3. The lowest BCUT2D eigenvalue weighted by atomic mass is 10.1. The molecule has 126 valence electrons. The average Bonchev–Trinajstić information content (AvgIpc) is 2.71. The molecule has 0 N–H and O–H groups in total. The molecule has 0 saturated carbocycles. The van der Waals surface area contributed by atoms with Crippen LogP contribution in [0.2, 0.25) is 0 Å². The summed E-state index contributed by atoms with van der Waals surface area (Å²) >= 11 is 0. The highest BCUT2D eigenvalue weighted by Gasteiger charge is 2.29. The number of hydrogen-bond acceptors (Lipinski definition) is 3. The van der Waals surface area contributed by atoms with E-state index in [4.69, 9.17) is 0 Å². The van der Waals surface area contributed by atoms with E-state index in [9.17, 15) is 14.0 Å². The fraction of sp³-hybridized carbons (Fsp3) is 0.529. The second kappa shape index (κ2) is 7.55. The Bertz CT molecular complexity index is 559. The van der Waals surface area contributed by atoms with Gasteiger partial charge >= 0.3 is 0 Å². The predicted octanol–water partition coefficient (Wildman–Crippen LogP) is 1.19. The van der Waals surface area contributed by atoms with Gasteiger partial charge in [0, 0.05) is 53.7 Å². The zero-order valence-electron chi connectivity index (χ0n) is 14.0. The number of rotatable bonds is 3. The molecule has 0 spiro atoms. The van der Waals surface area contributed by atoms with Crippen molar-refractivity contribution in [1.29, 1.82) is 0 Å². The van der Waals surface area contributed by atoms with E-state index < -0.39 is 0 Å². The van der Waals surface area contributed by atoms with Crippen molar-refractivity contribution in [2.45, 2.75) is 13.5 Å². The Morgan fingerprint density at radius 3 is 2.39 bits per heavy atom. The van der Waals surface area contributed by atoms with Gasteiger partial charge < -0.3 is 9.80 Å². The predicted molar refractivity (Wildman–Crippen MR) is 86.1 cm³/mol. The molecular formula is C17H24FN3O2. The SMILES string of the molecule is CC(=O)N1CCN(Cc2ccc(F)cc2)CC(C(=O)N(C)C)C1. The normalized spacial score (nSPS) is 19.3. The molecule has 1 saturated heterocycles. The van der Waals surface area contributed by atoms with E-state index in [-0.39, 0.29) is 23.5 Å². The van der Waals surface area contributed by atoms with Crippen LogP contribution >= 0.6 is 0 Å². The highest BCUT2D eigenvalue weighted by molar-refractivity contribution is 5.80. The number of hydrogen-bond donors (Lipinski definition) is 0. The molecule has 0 aliphatic carbocycles. The van der Waals surface area contributed by atoms with Crippen LogP contribution in [0.3, 0.4) is 0 Å². The zero-order chi connectivity index (χ0) is 17.0. The van der Waals surface area contributed by atoms with Crippen molar-refractivity contribution in [2.24, 2.45) is 5.92 Å². The molecule has 1 aliphatic rings. The highest BCUT2D eigenvalue weighted by atomic mass is 19.1. The molecule has 1 atom stereocenters. The molecule has 6 heteroatoms. The largest absolute Gasteiger partial charge is 0.348 e. The van der Waals surface area contributed by atoms with Gasteiger partial charge in [-0.05, 0) is 17.7 Å². The van der Waals surface area contributed by atoms with Gasteiger partial charge in [0.2, 0.25) is 11.8 Å². The van der Waals surface area contributed by atoms with E-state index >= 15 is 0 Å². The van der Waals surface area contributed by atoms with Gasteiger partial charge in [0.05, 0.1) is 5.92 Å². The monoisotopic (exact) mass is 321 g/mol. The minimum absolute atomic E-state index is 0.00908. The van der Waals surface area contributed by atoms with Crippen molar-refractivity contribution in [3.63, 3.8) is 0 Å². The first-order valence-electron chi connectivity index (χ1n) is 7.80. The summed E-state index contributed by atoms with van der Waals surface area (Å²) in [6.07, 6.45) is 0. The first-order valence-corrected chi connectivity index (χ1v) is 7.80. The molecule has 1 aromatic carbocycles. The van der Waals surface area contributed by atoms with Crippen LogP contribution in [0.5, 0.6) is 0 Å². The van der Waals surface area contributed by atoms with Crippen molar-refractivity contribution in [3.8, 4) is 0 Å². The molecule has 1 fully saturated rings. The first-order chi connectivity index (χ1) is 10.9. The highest BCUT2D eigenvalue weighted by Crippen LogP contribution is 2.15. The van der Waals surface area contributed by atoms with E-state index in [0.717, 1.165) is 5.56 Å². The lowest BCUT2D eigenvalue weighted by Crippen LogP contribution is -2.41. The van der Waals surface area contributed by atoms with Crippen LogP contribution in [0.15, 0.2) is 24.3 Å². The summed E-state index contributed by atoms with van der Waals surface area (Å²) in [6.45, 7) is 4.53. The summed E-state index contributed by atoms with van der Waals surface area (Å²) < 4.78 is 13.0. The topological polar surface area (TPSA) is 43.9 Å². The van der Waals surface area contributed by atoms with Gasteiger partial charge in [-0.25, -0.2) is 4.39 Å². The van der Waals surface area contributed by atoms with E-state index in [1.807, 2.05) is 0 Å². The molecule has 0 aromatic heterocycles. The van der Waals surface area contributed by atoms with Gasteiger partial charge in [-0.2, -0.15) is 0 Å². The second-order valence-corrected chi connectivity index (χ2v) is 6.26. The minimum atomic E-state index is -0.256. The Hall–Kier alpha value is -1.95. The summed E-state index contributed by atoms with van der Waals surface area (Å²) in [6, 6.07) is 6.40. The molecule has 0 radical (unpaired) electrons. The molecule has 2 amide bonds. The fourth-order valence-corrected chi connectivity index (χ4v) is 2.88. The number of benzene rings is 1. The van der Waals surface area contributed by atoms with E-state index in [2.05, 4.69) is 4.90 Å². The standard InChI is InChI=1S/C17H24FN3O2/c1-13(22)21-9-8-20(10-14-4-6-16(18)7-5-14)11-15(12-21)17(23)19(2)3/h4-7,15H,8-12H2,1-3H3. The molecule has 1 heterocycles. The molecule has 5 nitrogen and oxygen atoms in total. The molecule has 1 unspecified atom stereocenters. The molecule has 23 heavy (non-hydrogen) atoms. The van der Waals surface area contributed by atoms with E-state index in [0.29, 0.717) is 32.7 Å². The van der Waals surface area contributed by atoms with Gasteiger partial charge in [-0.15, -0.1) is 0 Å². The minimum Gasteiger partial charge on any atom is -0.348 e. The van der Waals surface area contributed by atoms with Gasteiger partial charge in [0.1, 0.15) is 5.82 Å². The number of carbonyl (C=O) groups excluding carboxylic acids is 2. The summed E-state index contributed by atoms with van der Waals surface area (Å²) in [5, 5.41) is 0. The van der Waals surface area contributed by atoms with Crippen LogP contribution in [-0.4, -0.2) is 66.8 Å². The third-order valence-corrected chi connectivity index (χ3v) is 4.16. The third kappa shape index (κ3) is 4.76. The maximum atomic E-state index is 13.0. The smallest absolute Gasteiger partial charge is 0.228 e. The van der Waals surface area contributed by atoms with Crippen LogP contribution in [-0.2, 0) is 16.1 Å². The van der Waals surface area contributed by atoms with Crippen LogP contribution in [0.25, 0.3) is 0 Å². The summed E-state index contributed by atoms with van der Waals surface area (Å²) in [7, 11) is 3.46. The summed E-state index contributed by atoms with van der Waals surface area (Å²) in [5.74, 6) is -0.475.